The topological polar surface area (TPSA) is 96.8 Å². The van der Waals surface area contributed by atoms with E-state index in [-0.39, 0.29) is 18.7 Å². The molecular weight excluding hydrogens is 460 g/mol. The Morgan fingerprint density at radius 2 is 1.97 bits per heavy atom. The van der Waals surface area contributed by atoms with Gasteiger partial charge in [-0.1, -0.05) is 18.5 Å². The molecule has 8 nitrogen and oxygen atoms in total. The molecule has 4 rings (SSSR count). The summed E-state index contributed by atoms with van der Waals surface area (Å²) in [4.78, 5) is 36.0. The molecule has 1 aliphatic heterocycles. The lowest BCUT2D eigenvalue weighted by atomic mass is 9.88. The van der Waals surface area contributed by atoms with Crippen LogP contribution in [0.1, 0.15) is 28.8 Å². The fourth-order valence-corrected chi connectivity index (χ4v) is 4.71. The van der Waals surface area contributed by atoms with Crippen LogP contribution in [0.25, 0.3) is 10.7 Å². The Hall–Kier alpha value is -2.79. The van der Waals surface area contributed by atoms with Crippen molar-refractivity contribution >= 4 is 34.8 Å². The Kier molecular flexibility index (Phi) is 6.29. The fraction of sp³-hybridized carbons (Fsp3) is 0.400. The van der Waals surface area contributed by atoms with Gasteiger partial charge in [-0.15, -0.1) is 11.3 Å². The maximum Gasteiger partial charge on any atom is 0.274 e. The zero-order valence-electron chi connectivity index (χ0n) is 17.3. The summed E-state index contributed by atoms with van der Waals surface area (Å²) in [5.41, 5.74) is 0.0799. The minimum absolute atomic E-state index is 0.0799. The molecule has 4 heterocycles. The first-order valence-electron chi connectivity index (χ1n) is 9.88. The minimum atomic E-state index is -3.00. The maximum atomic E-state index is 14.5. The van der Waals surface area contributed by atoms with Crippen molar-refractivity contribution in [3.8, 4) is 10.7 Å². The van der Waals surface area contributed by atoms with Gasteiger partial charge in [-0.2, -0.15) is 0 Å². The van der Waals surface area contributed by atoms with E-state index >= 15 is 0 Å². The van der Waals surface area contributed by atoms with Crippen molar-refractivity contribution in [2.45, 2.75) is 32.2 Å². The Balaban J connectivity index is 1.64. The molecule has 1 saturated heterocycles. The van der Waals surface area contributed by atoms with Crippen LogP contribution in [0.15, 0.2) is 30.9 Å². The molecule has 1 amide bonds. The van der Waals surface area contributed by atoms with E-state index < -0.39 is 30.3 Å². The first kappa shape index (κ1) is 22.4. The third-order valence-corrected chi connectivity index (χ3v) is 6.30. The van der Waals surface area contributed by atoms with Crippen LogP contribution in [0.2, 0.25) is 5.02 Å². The smallest absolute Gasteiger partial charge is 0.274 e. The summed E-state index contributed by atoms with van der Waals surface area (Å²) >= 11 is 7.06. The SMILES string of the molecule is Cc1nc(C(=O)N2CC(F)(F)C[C@@H](C)C2CNc2ncc(Cl)cn2)c(-c2ncccn2)s1. The molecule has 1 unspecified atom stereocenters. The molecule has 1 aliphatic rings. The second-order valence-corrected chi connectivity index (χ2v) is 9.27. The van der Waals surface area contributed by atoms with Gasteiger partial charge in [0, 0.05) is 25.4 Å². The van der Waals surface area contributed by atoms with Crippen LogP contribution >= 0.6 is 22.9 Å². The quantitative estimate of drug-likeness (QED) is 0.591. The van der Waals surface area contributed by atoms with Crippen LogP contribution in [0.3, 0.4) is 0 Å². The van der Waals surface area contributed by atoms with E-state index in [9.17, 15) is 13.6 Å². The number of amides is 1. The molecule has 168 valence electrons. The number of aromatic nitrogens is 5. The van der Waals surface area contributed by atoms with Crippen molar-refractivity contribution in [1.29, 1.82) is 0 Å². The number of thiazole rings is 1. The molecule has 12 heteroatoms. The molecule has 0 bridgehead atoms. The van der Waals surface area contributed by atoms with Gasteiger partial charge >= 0.3 is 0 Å². The molecule has 3 aromatic rings. The number of nitrogens with one attached hydrogen (secondary N) is 1. The molecule has 0 saturated carbocycles. The summed E-state index contributed by atoms with van der Waals surface area (Å²) < 4.78 is 29.0. The highest BCUT2D eigenvalue weighted by Gasteiger charge is 2.47. The van der Waals surface area contributed by atoms with Gasteiger partial charge in [-0.05, 0) is 18.9 Å². The van der Waals surface area contributed by atoms with Crippen LogP contribution < -0.4 is 5.32 Å². The largest absolute Gasteiger partial charge is 0.352 e. The van der Waals surface area contributed by atoms with E-state index in [0.717, 1.165) is 0 Å². The molecule has 0 spiro atoms. The Bertz CT molecular complexity index is 1100. The molecular formula is C20H20ClF2N7OS. The van der Waals surface area contributed by atoms with Gasteiger partial charge < -0.3 is 10.2 Å². The van der Waals surface area contributed by atoms with Crippen LogP contribution in [0, 0.1) is 12.8 Å². The maximum absolute atomic E-state index is 14.5. The second kappa shape index (κ2) is 8.99. The van der Waals surface area contributed by atoms with Gasteiger partial charge in [0.1, 0.15) is 4.88 Å². The van der Waals surface area contributed by atoms with E-state index in [1.165, 1.54) is 28.6 Å². The lowest BCUT2D eigenvalue weighted by Gasteiger charge is -2.43. The number of nitrogens with zero attached hydrogens (tertiary/aromatic N) is 6. The summed E-state index contributed by atoms with van der Waals surface area (Å²) in [6.07, 6.45) is 5.66. The number of alkyl halides is 2. The van der Waals surface area contributed by atoms with Crippen LogP contribution in [0.4, 0.5) is 14.7 Å². The fourth-order valence-electron chi connectivity index (χ4n) is 3.75. The number of halogens is 3. The second-order valence-electron chi connectivity index (χ2n) is 7.63. The average Bonchev–Trinajstić information content (AvgIpc) is 3.15. The Labute approximate surface area is 192 Å². The van der Waals surface area contributed by atoms with Gasteiger partial charge in [0.2, 0.25) is 5.95 Å². The molecule has 1 fully saturated rings. The molecule has 1 N–H and O–H groups in total. The van der Waals surface area contributed by atoms with E-state index in [0.29, 0.717) is 26.7 Å². The zero-order chi connectivity index (χ0) is 22.9. The van der Waals surface area contributed by atoms with Crippen LogP contribution in [0.5, 0.6) is 0 Å². The highest BCUT2D eigenvalue weighted by molar-refractivity contribution is 7.15. The number of rotatable bonds is 5. The normalized spacial score (nSPS) is 20.2. The van der Waals surface area contributed by atoms with Gasteiger partial charge in [0.25, 0.3) is 11.8 Å². The molecule has 2 atom stereocenters. The Morgan fingerprint density at radius 3 is 2.66 bits per heavy atom. The number of likely N-dealkylation sites (tertiary alicyclic amines) is 1. The Morgan fingerprint density at radius 1 is 1.28 bits per heavy atom. The minimum Gasteiger partial charge on any atom is -0.352 e. The summed E-state index contributed by atoms with van der Waals surface area (Å²) in [5.74, 6) is -3.42. The van der Waals surface area contributed by atoms with Gasteiger partial charge in [0.15, 0.2) is 11.5 Å². The van der Waals surface area contributed by atoms with Gasteiger partial charge in [-0.3, -0.25) is 4.79 Å². The molecule has 0 aliphatic carbocycles. The summed E-state index contributed by atoms with van der Waals surface area (Å²) in [5, 5.41) is 4.03. The van der Waals surface area contributed by atoms with Crippen molar-refractivity contribution in [1.82, 2.24) is 29.8 Å². The number of piperidine rings is 1. The van der Waals surface area contributed by atoms with Gasteiger partial charge in [0.05, 0.1) is 35.0 Å². The summed E-state index contributed by atoms with van der Waals surface area (Å²) in [7, 11) is 0. The highest BCUT2D eigenvalue weighted by Crippen LogP contribution is 2.37. The number of hydrogen-bond acceptors (Lipinski definition) is 8. The van der Waals surface area contributed by atoms with Crippen molar-refractivity contribution < 1.29 is 13.6 Å². The molecule has 3 aromatic heterocycles. The zero-order valence-corrected chi connectivity index (χ0v) is 18.9. The van der Waals surface area contributed by atoms with E-state index in [1.807, 2.05) is 0 Å². The van der Waals surface area contributed by atoms with Crippen LogP contribution in [-0.2, 0) is 0 Å². The van der Waals surface area contributed by atoms with E-state index in [1.54, 1.807) is 32.3 Å². The monoisotopic (exact) mass is 479 g/mol. The standard InChI is InChI=1S/C20H20ClF2N7OS/c1-11-6-20(22,23)10-30(14(11)9-28-19-26-7-13(21)8-27-19)18(31)15-16(32-12(2)29-15)17-24-4-3-5-25-17/h3-5,7-8,11,14H,6,9-10H2,1-2H3,(H,26,27,28)/t11-,14?/m1/s1. The van der Waals surface area contributed by atoms with Crippen molar-refractivity contribution in [3.63, 3.8) is 0 Å². The number of aryl methyl sites for hydroxylation is 1. The summed E-state index contributed by atoms with van der Waals surface area (Å²) in [6, 6.07) is 1.14. The number of anilines is 1. The lowest BCUT2D eigenvalue weighted by Crippen LogP contribution is -2.57. The lowest BCUT2D eigenvalue weighted by molar-refractivity contribution is -0.0898. The average molecular weight is 480 g/mol. The summed E-state index contributed by atoms with van der Waals surface area (Å²) in [6.45, 7) is 2.95. The predicted molar refractivity (Wildman–Crippen MR) is 117 cm³/mol. The number of carbonyl (C=O) groups is 1. The van der Waals surface area contributed by atoms with Crippen molar-refractivity contribution in [3.05, 3.63) is 46.6 Å². The molecule has 0 aromatic carbocycles. The van der Waals surface area contributed by atoms with Crippen molar-refractivity contribution in [2.24, 2.45) is 5.92 Å². The van der Waals surface area contributed by atoms with Gasteiger partial charge in [-0.25, -0.2) is 33.7 Å². The predicted octanol–water partition coefficient (Wildman–Crippen LogP) is 3.95. The first-order chi connectivity index (χ1) is 15.2. The third-order valence-electron chi connectivity index (χ3n) is 5.14. The number of carbonyl (C=O) groups excluding carboxylic acids is 1. The van der Waals surface area contributed by atoms with Crippen molar-refractivity contribution in [2.75, 3.05) is 18.4 Å². The van der Waals surface area contributed by atoms with E-state index in [4.69, 9.17) is 11.6 Å². The molecule has 32 heavy (non-hydrogen) atoms. The van der Waals surface area contributed by atoms with E-state index in [2.05, 4.69) is 30.2 Å². The molecule has 0 radical (unpaired) electrons. The third kappa shape index (κ3) is 4.83. The van der Waals surface area contributed by atoms with Crippen LogP contribution in [-0.4, -0.2) is 60.8 Å². The highest BCUT2D eigenvalue weighted by atomic mass is 35.5. The number of hydrogen-bond donors (Lipinski definition) is 1. The first-order valence-corrected chi connectivity index (χ1v) is 11.1.